The minimum absolute atomic E-state index is 0.317. The molecule has 124 valence electrons. The Morgan fingerprint density at radius 2 is 1.28 bits per heavy atom. The summed E-state index contributed by atoms with van der Waals surface area (Å²) in [6, 6.07) is 24.8. The molecular formula is C20H15BrN2O2. The maximum Gasteiger partial charge on any atom is 0.277 e. The van der Waals surface area contributed by atoms with Crippen LogP contribution in [0.4, 0.5) is 5.69 Å². The number of hydrogen-bond donors (Lipinski definition) is 1. The van der Waals surface area contributed by atoms with Crippen molar-refractivity contribution in [2.45, 2.75) is 0 Å². The molecule has 0 aliphatic rings. The van der Waals surface area contributed by atoms with Gasteiger partial charge in [-0.15, -0.1) is 0 Å². The zero-order chi connectivity index (χ0) is 17.6. The van der Waals surface area contributed by atoms with Crippen LogP contribution in [0.1, 0.15) is 20.7 Å². The lowest BCUT2D eigenvalue weighted by Gasteiger charge is -2.23. The Kier molecular flexibility index (Phi) is 5.26. The fourth-order valence-corrected chi connectivity index (χ4v) is 2.55. The fraction of sp³-hybridized carbons (Fsp3) is 0. The van der Waals surface area contributed by atoms with Crippen molar-refractivity contribution in [3.05, 3.63) is 101 Å². The average Bonchev–Trinajstić information content (AvgIpc) is 2.67. The number of carbonyl (C=O) groups excluding carboxylic acids is 2. The first-order valence-corrected chi connectivity index (χ1v) is 8.45. The third-order valence-corrected chi connectivity index (χ3v) is 4.09. The minimum Gasteiger partial charge on any atom is -0.267 e. The second-order valence-electron chi connectivity index (χ2n) is 5.29. The highest BCUT2D eigenvalue weighted by Gasteiger charge is 2.20. The van der Waals surface area contributed by atoms with E-state index in [0.717, 1.165) is 4.47 Å². The van der Waals surface area contributed by atoms with Crippen molar-refractivity contribution in [3.8, 4) is 0 Å². The van der Waals surface area contributed by atoms with E-state index >= 15 is 0 Å². The van der Waals surface area contributed by atoms with Crippen LogP contribution in [0.3, 0.4) is 0 Å². The largest absolute Gasteiger partial charge is 0.277 e. The van der Waals surface area contributed by atoms with Crippen LogP contribution < -0.4 is 10.4 Å². The fourth-order valence-electron chi connectivity index (χ4n) is 2.29. The molecule has 0 bridgehead atoms. The van der Waals surface area contributed by atoms with Crippen LogP contribution in [0.5, 0.6) is 0 Å². The van der Waals surface area contributed by atoms with Crippen molar-refractivity contribution in [2.75, 3.05) is 5.01 Å². The molecule has 1 N–H and O–H groups in total. The molecular weight excluding hydrogens is 380 g/mol. The Morgan fingerprint density at radius 1 is 0.720 bits per heavy atom. The van der Waals surface area contributed by atoms with Gasteiger partial charge in [-0.25, -0.2) is 5.01 Å². The number of nitrogens with one attached hydrogen (secondary N) is 1. The van der Waals surface area contributed by atoms with Crippen LogP contribution in [-0.2, 0) is 0 Å². The Labute approximate surface area is 154 Å². The quantitative estimate of drug-likeness (QED) is 0.667. The van der Waals surface area contributed by atoms with Crippen molar-refractivity contribution >= 4 is 33.4 Å². The summed E-state index contributed by atoms with van der Waals surface area (Å²) in [5, 5.41) is 1.26. The van der Waals surface area contributed by atoms with Crippen LogP contribution in [0.15, 0.2) is 89.4 Å². The molecule has 4 nitrogen and oxygen atoms in total. The molecule has 5 heteroatoms. The van der Waals surface area contributed by atoms with Gasteiger partial charge >= 0.3 is 0 Å². The van der Waals surface area contributed by atoms with Gasteiger partial charge in [0.15, 0.2) is 0 Å². The van der Waals surface area contributed by atoms with Gasteiger partial charge in [0.05, 0.1) is 5.69 Å². The molecule has 0 saturated carbocycles. The molecule has 2 amide bonds. The van der Waals surface area contributed by atoms with Crippen LogP contribution in [0.2, 0.25) is 0 Å². The van der Waals surface area contributed by atoms with E-state index in [9.17, 15) is 9.59 Å². The molecule has 0 unspecified atom stereocenters. The topological polar surface area (TPSA) is 49.4 Å². The van der Waals surface area contributed by atoms with Crippen LogP contribution in [-0.4, -0.2) is 11.8 Å². The minimum atomic E-state index is -0.352. The Balaban J connectivity index is 1.91. The third kappa shape index (κ3) is 4.14. The normalized spacial score (nSPS) is 10.1. The number of nitrogens with zero attached hydrogens (tertiary/aromatic N) is 1. The molecule has 0 radical (unpaired) electrons. The zero-order valence-corrected chi connectivity index (χ0v) is 14.8. The number of carbonyl (C=O) groups is 2. The van der Waals surface area contributed by atoms with Gasteiger partial charge in [0.25, 0.3) is 11.8 Å². The van der Waals surface area contributed by atoms with Gasteiger partial charge < -0.3 is 0 Å². The first-order valence-electron chi connectivity index (χ1n) is 7.66. The number of amides is 2. The number of halogens is 1. The molecule has 0 spiro atoms. The van der Waals surface area contributed by atoms with Crippen molar-refractivity contribution < 1.29 is 9.59 Å². The molecule has 0 saturated heterocycles. The summed E-state index contributed by atoms with van der Waals surface area (Å²) in [4.78, 5) is 25.4. The number of hydrogen-bond acceptors (Lipinski definition) is 2. The van der Waals surface area contributed by atoms with Crippen LogP contribution >= 0.6 is 15.9 Å². The Morgan fingerprint density at radius 3 is 1.88 bits per heavy atom. The first-order chi connectivity index (χ1) is 12.1. The number of benzene rings is 3. The molecule has 0 heterocycles. The Hall–Kier alpha value is -2.92. The molecule has 0 aliphatic carbocycles. The van der Waals surface area contributed by atoms with E-state index in [1.54, 1.807) is 60.7 Å². The summed E-state index contributed by atoms with van der Waals surface area (Å²) in [7, 11) is 0. The second-order valence-corrected chi connectivity index (χ2v) is 6.21. The molecule has 3 aromatic rings. The second kappa shape index (κ2) is 7.77. The molecule has 0 aliphatic heterocycles. The highest BCUT2D eigenvalue weighted by atomic mass is 79.9. The highest BCUT2D eigenvalue weighted by Crippen LogP contribution is 2.17. The summed E-state index contributed by atoms with van der Waals surface area (Å²) in [5.74, 6) is -0.669. The molecule has 0 fully saturated rings. The first kappa shape index (κ1) is 16.9. The van der Waals surface area contributed by atoms with Crippen LogP contribution in [0, 0.1) is 0 Å². The van der Waals surface area contributed by atoms with Crippen molar-refractivity contribution in [1.82, 2.24) is 5.43 Å². The van der Waals surface area contributed by atoms with E-state index < -0.39 is 0 Å². The molecule has 3 aromatic carbocycles. The van der Waals surface area contributed by atoms with E-state index in [0.29, 0.717) is 16.8 Å². The smallest absolute Gasteiger partial charge is 0.267 e. The molecule has 25 heavy (non-hydrogen) atoms. The summed E-state index contributed by atoms with van der Waals surface area (Å²) in [5.41, 5.74) is 4.23. The standard InChI is InChI=1S/C20H15BrN2O2/c21-17-13-11-16(12-14-17)20(25)23(18-9-5-2-6-10-18)22-19(24)15-7-3-1-4-8-15/h1-14H,(H,22,24). The SMILES string of the molecule is O=C(NN(C(=O)c1ccc(Br)cc1)c1ccccc1)c1ccccc1. The molecule has 0 atom stereocenters. The summed E-state index contributed by atoms with van der Waals surface area (Å²) in [6.45, 7) is 0. The van der Waals surface area contributed by atoms with E-state index in [-0.39, 0.29) is 11.8 Å². The number of para-hydroxylation sites is 1. The predicted molar refractivity (Wildman–Crippen MR) is 101 cm³/mol. The lowest BCUT2D eigenvalue weighted by atomic mass is 10.2. The van der Waals surface area contributed by atoms with Crippen molar-refractivity contribution in [1.29, 1.82) is 0 Å². The van der Waals surface area contributed by atoms with E-state index in [2.05, 4.69) is 21.4 Å². The van der Waals surface area contributed by atoms with Crippen molar-refractivity contribution in [3.63, 3.8) is 0 Å². The molecule has 0 aromatic heterocycles. The van der Waals surface area contributed by atoms with E-state index in [4.69, 9.17) is 0 Å². The zero-order valence-electron chi connectivity index (χ0n) is 13.2. The lowest BCUT2D eigenvalue weighted by Crippen LogP contribution is -2.46. The summed E-state index contributed by atoms with van der Waals surface area (Å²) in [6.07, 6.45) is 0. The average molecular weight is 395 g/mol. The van der Waals surface area contributed by atoms with Crippen LogP contribution in [0.25, 0.3) is 0 Å². The Bertz CT molecular complexity index is 865. The highest BCUT2D eigenvalue weighted by molar-refractivity contribution is 9.10. The molecule has 3 rings (SSSR count). The monoisotopic (exact) mass is 394 g/mol. The summed E-state index contributed by atoms with van der Waals surface area (Å²) < 4.78 is 0.878. The summed E-state index contributed by atoms with van der Waals surface area (Å²) >= 11 is 3.35. The van der Waals surface area contributed by atoms with E-state index in [1.807, 2.05) is 24.3 Å². The number of rotatable bonds is 3. The predicted octanol–water partition coefficient (Wildman–Crippen LogP) is 4.44. The van der Waals surface area contributed by atoms with Gasteiger partial charge in [0, 0.05) is 15.6 Å². The van der Waals surface area contributed by atoms with Gasteiger partial charge in [-0.05, 0) is 48.5 Å². The van der Waals surface area contributed by atoms with Gasteiger partial charge in [-0.1, -0.05) is 52.3 Å². The third-order valence-electron chi connectivity index (χ3n) is 3.56. The van der Waals surface area contributed by atoms with Gasteiger partial charge in [0.1, 0.15) is 0 Å². The van der Waals surface area contributed by atoms with Gasteiger partial charge in [-0.2, -0.15) is 0 Å². The van der Waals surface area contributed by atoms with Crippen molar-refractivity contribution in [2.24, 2.45) is 0 Å². The maximum absolute atomic E-state index is 12.9. The number of hydrazine groups is 1. The van der Waals surface area contributed by atoms with E-state index in [1.165, 1.54) is 5.01 Å². The van der Waals surface area contributed by atoms with Gasteiger partial charge in [-0.3, -0.25) is 15.0 Å². The van der Waals surface area contributed by atoms with Gasteiger partial charge in [0.2, 0.25) is 0 Å². The lowest BCUT2D eigenvalue weighted by molar-refractivity contribution is 0.0887. The number of anilines is 1. The maximum atomic E-state index is 12.9.